The molecule has 2 aromatic carbocycles. The van der Waals surface area contributed by atoms with Gasteiger partial charge in [0.25, 0.3) is 0 Å². The maximum Gasteiger partial charge on any atom is 0.315 e. The maximum absolute atomic E-state index is 13.0. The minimum absolute atomic E-state index is 0.0352. The van der Waals surface area contributed by atoms with E-state index >= 15 is 0 Å². The molecular weight excluding hydrogens is 420 g/mol. The molecule has 2 aromatic rings. The fourth-order valence-corrected chi connectivity index (χ4v) is 4.90. The highest BCUT2D eigenvalue weighted by Crippen LogP contribution is 2.31. The Bertz CT molecular complexity index is 1080. The third-order valence-electron chi connectivity index (χ3n) is 5.00. The van der Waals surface area contributed by atoms with Crippen LogP contribution in [0.4, 0.5) is 0 Å². The summed E-state index contributed by atoms with van der Waals surface area (Å²) in [4.78, 5) is 12.9. The molecule has 0 spiro atoms. The van der Waals surface area contributed by atoms with Gasteiger partial charge in [0.2, 0.25) is 10.0 Å². The van der Waals surface area contributed by atoms with Gasteiger partial charge < -0.3 is 14.2 Å². The summed E-state index contributed by atoms with van der Waals surface area (Å²) in [5.74, 6) is -0.0619. The summed E-state index contributed by atoms with van der Waals surface area (Å²) in [6, 6.07) is 12.7. The smallest absolute Gasteiger partial charge is 0.315 e. The number of hydrogen-bond acceptors (Lipinski definition) is 7. The Morgan fingerprint density at radius 3 is 2.58 bits per heavy atom. The van der Waals surface area contributed by atoms with Crippen LogP contribution in [-0.4, -0.2) is 45.5 Å². The van der Waals surface area contributed by atoms with Gasteiger partial charge in [-0.3, -0.25) is 4.79 Å². The van der Waals surface area contributed by atoms with Crippen LogP contribution in [0.5, 0.6) is 17.2 Å². The Labute approximate surface area is 182 Å². The molecule has 1 aliphatic heterocycles. The molecule has 9 heteroatoms. The quantitative estimate of drug-likeness (QED) is 0.477. The van der Waals surface area contributed by atoms with E-state index in [0.717, 1.165) is 0 Å². The Balaban J connectivity index is 1.74. The van der Waals surface area contributed by atoms with E-state index in [4.69, 9.17) is 19.5 Å². The number of esters is 1. The fourth-order valence-electron chi connectivity index (χ4n) is 3.37. The van der Waals surface area contributed by atoms with E-state index in [1.807, 2.05) is 6.07 Å². The molecule has 3 rings (SSSR count). The SMILES string of the molecule is CCOc1cc(C#N)ccc1OC(=O)C1CCCN(S(=O)(=O)c2ccc(OC)cc2)C1. The molecule has 1 unspecified atom stereocenters. The lowest BCUT2D eigenvalue weighted by molar-refractivity contribution is -0.140. The number of carbonyl (C=O) groups is 1. The number of sulfonamides is 1. The molecule has 0 aromatic heterocycles. The first-order chi connectivity index (χ1) is 14.9. The molecule has 0 radical (unpaired) electrons. The van der Waals surface area contributed by atoms with Crippen LogP contribution in [0.1, 0.15) is 25.3 Å². The molecule has 0 N–H and O–H groups in total. The van der Waals surface area contributed by atoms with Gasteiger partial charge in [-0.05, 0) is 56.2 Å². The second-order valence-electron chi connectivity index (χ2n) is 7.01. The van der Waals surface area contributed by atoms with Crippen molar-refractivity contribution in [1.29, 1.82) is 5.26 Å². The van der Waals surface area contributed by atoms with Crippen molar-refractivity contribution in [3.05, 3.63) is 48.0 Å². The van der Waals surface area contributed by atoms with Crippen molar-refractivity contribution < 1.29 is 27.4 Å². The molecule has 164 valence electrons. The zero-order valence-electron chi connectivity index (χ0n) is 17.4. The van der Waals surface area contributed by atoms with Crippen molar-refractivity contribution in [2.45, 2.75) is 24.7 Å². The van der Waals surface area contributed by atoms with Gasteiger partial charge in [0.15, 0.2) is 11.5 Å². The summed E-state index contributed by atoms with van der Waals surface area (Å²) in [5, 5.41) is 9.05. The number of benzene rings is 2. The number of hydrogen-bond donors (Lipinski definition) is 0. The zero-order valence-corrected chi connectivity index (χ0v) is 18.2. The van der Waals surface area contributed by atoms with Crippen LogP contribution in [0, 0.1) is 17.2 Å². The van der Waals surface area contributed by atoms with Crippen molar-refractivity contribution in [3.8, 4) is 23.3 Å². The average Bonchev–Trinajstić information content (AvgIpc) is 2.80. The van der Waals surface area contributed by atoms with Crippen LogP contribution >= 0.6 is 0 Å². The Hall–Kier alpha value is -3.09. The van der Waals surface area contributed by atoms with Crippen LogP contribution < -0.4 is 14.2 Å². The zero-order chi connectivity index (χ0) is 22.4. The Morgan fingerprint density at radius 1 is 1.19 bits per heavy atom. The van der Waals surface area contributed by atoms with Gasteiger partial charge in [0.1, 0.15) is 5.75 Å². The van der Waals surface area contributed by atoms with Gasteiger partial charge in [-0.25, -0.2) is 8.42 Å². The summed E-state index contributed by atoms with van der Waals surface area (Å²) in [5.41, 5.74) is 0.387. The minimum atomic E-state index is -3.74. The highest BCUT2D eigenvalue weighted by Gasteiger charge is 2.34. The van der Waals surface area contributed by atoms with Crippen LogP contribution in [-0.2, 0) is 14.8 Å². The van der Waals surface area contributed by atoms with Gasteiger partial charge in [-0.15, -0.1) is 0 Å². The highest BCUT2D eigenvalue weighted by molar-refractivity contribution is 7.89. The normalized spacial score (nSPS) is 16.9. The highest BCUT2D eigenvalue weighted by atomic mass is 32.2. The number of methoxy groups -OCH3 is 1. The van der Waals surface area contributed by atoms with Crippen LogP contribution in [0.3, 0.4) is 0 Å². The van der Waals surface area contributed by atoms with Gasteiger partial charge in [0.05, 0.1) is 36.2 Å². The van der Waals surface area contributed by atoms with E-state index < -0.39 is 21.9 Å². The summed E-state index contributed by atoms with van der Waals surface area (Å²) < 4.78 is 43.4. The summed E-state index contributed by atoms with van der Waals surface area (Å²) in [6.45, 7) is 2.50. The monoisotopic (exact) mass is 444 g/mol. The van der Waals surface area contributed by atoms with E-state index in [-0.39, 0.29) is 17.2 Å². The molecule has 31 heavy (non-hydrogen) atoms. The Kier molecular flexibility index (Phi) is 7.15. The standard InChI is InChI=1S/C22H24N2O6S/c1-3-29-21-13-16(14-23)6-11-20(21)30-22(25)17-5-4-12-24(15-17)31(26,27)19-9-7-18(28-2)8-10-19/h6-11,13,17H,3-5,12,15H2,1-2H3. The lowest BCUT2D eigenvalue weighted by Crippen LogP contribution is -2.43. The molecule has 0 bridgehead atoms. The number of ether oxygens (including phenoxy) is 3. The molecule has 0 saturated carbocycles. The Morgan fingerprint density at radius 2 is 1.94 bits per heavy atom. The molecular formula is C22H24N2O6S. The number of nitrogens with zero attached hydrogens (tertiary/aromatic N) is 2. The van der Waals surface area contributed by atoms with Crippen molar-refractivity contribution in [2.24, 2.45) is 5.92 Å². The second-order valence-corrected chi connectivity index (χ2v) is 8.94. The van der Waals surface area contributed by atoms with Crippen LogP contribution in [0.25, 0.3) is 0 Å². The largest absolute Gasteiger partial charge is 0.497 e. The third kappa shape index (κ3) is 5.16. The number of piperidine rings is 1. The minimum Gasteiger partial charge on any atom is -0.497 e. The van der Waals surface area contributed by atoms with E-state index in [0.29, 0.717) is 43.1 Å². The lowest BCUT2D eigenvalue weighted by Gasteiger charge is -2.30. The molecule has 1 fully saturated rings. The molecule has 1 atom stereocenters. The first-order valence-electron chi connectivity index (χ1n) is 9.92. The topological polar surface area (TPSA) is 106 Å². The van der Waals surface area contributed by atoms with Crippen molar-refractivity contribution in [1.82, 2.24) is 4.31 Å². The van der Waals surface area contributed by atoms with Crippen molar-refractivity contribution >= 4 is 16.0 Å². The molecule has 8 nitrogen and oxygen atoms in total. The van der Waals surface area contributed by atoms with Gasteiger partial charge in [0, 0.05) is 19.2 Å². The fraction of sp³-hybridized carbons (Fsp3) is 0.364. The second kappa shape index (κ2) is 9.81. The number of carbonyl (C=O) groups excluding carboxylic acids is 1. The molecule has 0 amide bonds. The van der Waals surface area contributed by atoms with E-state index in [9.17, 15) is 13.2 Å². The van der Waals surface area contributed by atoms with Crippen molar-refractivity contribution in [2.75, 3.05) is 26.8 Å². The van der Waals surface area contributed by atoms with E-state index in [1.54, 1.807) is 19.1 Å². The maximum atomic E-state index is 13.0. The number of rotatable bonds is 7. The van der Waals surface area contributed by atoms with Gasteiger partial charge >= 0.3 is 5.97 Å². The molecule has 1 aliphatic rings. The lowest BCUT2D eigenvalue weighted by atomic mass is 10.00. The van der Waals surface area contributed by atoms with E-state index in [1.165, 1.54) is 41.7 Å². The number of nitriles is 1. The van der Waals surface area contributed by atoms with Gasteiger partial charge in [-0.2, -0.15) is 9.57 Å². The van der Waals surface area contributed by atoms with Gasteiger partial charge in [-0.1, -0.05) is 0 Å². The van der Waals surface area contributed by atoms with Crippen LogP contribution in [0.15, 0.2) is 47.4 Å². The predicted octanol–water partition coefficient (Wildman–Crippen LogP) is 2.97. The first-order valence-corrected chi connectivity index (χ1v) is 11.4. The summed E-state index contributed by atoms with van der Waals surface area (Å²) in [6.07, 6.45) is 1.06. The molecule has 1 saturated heterocycles. The summed E-state index contributed by atoms with van der Waals surface area (Å²) >= 11 is 0. The van der Waals surface area contributed by atoms with Crippen molar-refractivity contribution in [3.63, 3.8) is 0 Å². The third-order valence-corrected chi connectivity index (χ3v) is 6.88. The van der Waals surface area contributed by atoms with E-state index in [2.05, 4.69) is 0 Å². The van der Waals surface area contributed by atoms with Crippen LogP contribution in [0.2, 0.25) is 0 Å². The first kappa shape index (κ1) is 22.6. The predicted molar refractivity (Wildman–Crippen MR) is 112 cm³/mol. The summed E-state index contributed by atoms with van der Waals surface area (Å²) in [7, 11) is -2.23. The average molecular weight is 445 g/mol. The molecule has 0 aliphatic carbocycles. The molecule has 1 heterocycles.